The zero-order valence-electron chi connectivity index (χ0n) is 10.9. The molecule has 1 aromatic carbocycles. The van der Waals surface area contributed by atoms with Crippen molar-refractivity contribution < 1.29 is 4.79 Å². The number of carbonyl (C=O) groups excluding carboxylic acids is 1. The maximum atomic E-state index is 11.5. The van der Waals surface area contributed by atoms with Crippen LogP contribution < -0.4 is 16.8 Å². The van der Waals surface area contributed by atoms with Crippen LogP contribution in [0.2, 0.25) is 5.02 Å². The third-order valence-corrected chi connectivity index (χ3v) is 3.22. The molecule has 0 saturated carbocycles. The van der Waals surface area contributed by atoms with Gasteiger partial charge in [0, 0.05) is 18.1 Å². The van der Waals surface area contributed by atoms with Crippen LogP contribution in [-0.4, -0.2) is 10.9 Å². The highest BCUT2D eigenvalue weighted by Gasteiger charge is 2.16. The first-order valence-electron chi connectivity index (χ1n) is 6.04. The number of nitrogen functional groups attached to an aromatic ring is 1. The van der Waals surface area contributed by atoms with Crippen LogP contribution in [0.3, 0.4) is 0 Å². The summed E-state index contributed by atoms with van der Waals surface area (Å²) in [4.78, 5) is 15.6. The number of nitrogens with one attached hydrogen (secondary N) is 1. The lowest BCUT2D eigenvalue weighted by atomic mass is 10.1. The quantitative estimate of drug-likeness (QED) is 0.754. The van der Waals surface area contributed by atoms with Crippen LogP contribution in [0.1, 0.15) is 28.9 Å². The van der Waals surface area contributed by atoms with Crippen molar-refractivity contribution in [3.8, 4) is 0 Å². The molecule has 0 aliphatic rings. The van der Waals surface area contributed by atoms with E-state index in [9.17, 15) is 4.79 Å². The summed E-state index contributed by atoms with van der Waals surface area (Å²) >= 11 is 6.14. The summed E-state index contributed by atoms with van der Waals surface area (Å²) in [5, 5.41) is 3.53. The van der Waals surface area contributed by atoms with Crippen molar-refractivity contribution in [3.05, 3.63) is 52.8 Å². The highest BCUT2D eigenvalue weighted by Crippen LogP contribution is 2.31. The van der Waals surface area contributed by atoms with E-state index >= 15 is 0 Å². The number of nitrogens with zero attached hydrogens (tertiary/aromatic N) is 1. The Bertz CT molecular complexity index is 631. The zero-order valence-corrected chi connectivity index (χ0v) is 11.7. The maximum absolute atomic E-state index is 11.5. The third kappa shape index (κ3) is 3.00. The van der Waals surface area contributed by atoms with E-state index in [4.69, 9.17) is 23.1 Å². The number of rotatable bonds is 4. The molecule has 5 N–H and O–H groups in total. The Labute approximate surface area is 121 Å². The summed E-state index contributed by atoms with van der Waals surface area (Å²) < 4.78 is 0. The zero-order chi connectivity index (χ0) is 14.7. The Hall–Kier alpha value is -2.27. The number of pyridine rings is 1. The molecule has 0 saturated heterocycles. The lowest BCUT2D eigenvalue weighted by molar-refractivity contribution is 0.100. The second kappa shape index (κ2) is 5.79. The fourth-order valence-corrected chi connectivity index (χ4v) is 2.18. The summed E-state index contributed by atoms with van der Waals surface area (Å²) in [7, 11) is 0. The number of nitrogens with two attached hydrogens (primary N) is 2. The fourth-order valence-electron chi connectivity index (χ4n) is 1.90. The van der Waals surface area contributed by atoms with Crippen LogP contribution >= 0.6 is 11.6 Å². The predicted molar refractivity (Wildman–Crippen MR) is 80.7 cm³/mol. The Morgan fingerprint density at radius 3 is 2.80 bits per heavy atom. The predicted octanol–water partition coefficient (Wildman–Crippen LogP) is 2.59. The van der Waals surface area contributed by atoms with Gasteiger partial charge in [-0.25, -0.2) is 0 Å². The molecule has 6 heteroatoms. The molecule has 2 rings (SSSR count). The minimum atomic E-state index is -0.583. The molecule has 0 aliphatic carbocycles. The lowest BCUT2D eigenvalue weighted by Crippen LogP contribution is -2.17. The van der Waals surface area contributed by atoms with E-state index in [-0.39, 0.29) is 11.6 Å². The molecule has 0 spiro atoms. The molecule has 1 aromatic heterocycles. The number of anilines is 2. The first-order chi connectivity index (χ1) is 9.49. The van der Waals surface area contributed by atoms with E-state index in [1.165, 1.54) is 6.07 Å². The van der Waals surface area contributed by atoms with Gasteiger partial charge in [0.25, 0.3) is 5.91 Å². The molecule has 1 unspecified atom stereocenters. The van der Waals surface area contributed by atoms with Crippen molar-refractivity contribution in [1.82, 2.24) is 4.98 Å². The Morgan fingerprint density at radius 1 is 1.45 bits per heavy atom. The molecular formula is C14H15ClN4O. The van der Waals surface area contributed by atoms with Crippen LogP contribution in [0.5, 0.6) is 0 Å². The number of halogens is 1. The van der Waals surface area contributed by atoms with E-state index in [0.717, 1.165) is 5.56 Å². The van der Waals surface area contributed by atoms with Gasteiger partial charge in [0.15, 0.2) is 0 Å². The highest BCUT2D eigenvalue weighted by atomic mass is 35.5. The number of aromatic nitrogens is 1. The molecule has 0 fully saturated rings. The van der Waals surface area contributed by atoms with Crippen molar-refractivity contribution in [3.63, 3.8) is 0 Å². The molecule has 0 aliphatic heterocycles. The van der Waals surface area contributed by atoms with Gasteiger partial charge >= 0.3 is 0 Å². The normalized spacial score (nSPS) is 11.9. The highest BCUT2D eigenvalue weighted by molar-refractivity contribution is 6.34. The SMILES string of the molecule is CC(Nc1c(Cl)cc(N)cc1C(N)=O)c1cccnc1. The van der Waals surface area contributed by atoms with Crippen LogP contribution in [-0.2, 0) is 0 Å². The molecule has 20 heavy (non-hydrogen) atoms. The second-order valence-corrected chi connectivity index (χ2v) is 4.85. The van der Waals surface area contributed by atoms with Gasteiger partial charge in [0.05, 0.1) is 22.3 Å². The molecule has 1 heterocycles. The van der Waals surface area contributed by atoms with E-state index in [1.54, 1.807) is 18.5 Å². The van der Waals surface area contributed by atoms with Crippen molar-refractivity contribution in [1.29, 1.82) is 0 Å². The minimum absolute atomic E-state index is 0.0806. The van der Waals surface area contributed by atoms with E-state index in [1.807, 2.05) is 19.1 Å². The number of amides is 1. The van der Waals surface area contributed by atoms with Gasteiger partial charge in [-0.1, -0.05) is 17.7 Å². The van der Waals surface area contributed by atoms with Crippen LogP contribution in [0.15, 0.2) is 36.7 Å². The summed E-state index contributed by atoms with van der Waals surface area (Å²) in [5.41, 5.74) is 13.1. The smallest absolute Gasteiger partial charge is 0.250 e. The summed E-state index contributed by atoms with van der Waals surface area (Å²) in [6, 6.07) is 6.77. The number of benzene rings is 1. The van der Waals surface area contributed by atoms with E-state index in [2.05, 4.69) is 10.3 Å². The Kier molecular flexibility index (Phi) is 4.10. The summed E-state index contributed by atoms with van der Waals surface area (Å²) in [6.45, 7) is 1.94. The van der Waals surface area contributed by atoms with E-state index in [0.29, 0.717) is 16.4 Å². The third-order valence-electron chi connectivity index (χ3n) is 2.92. The number of hydrogen-bond donors (Lipinski definition) is 3. The molecule has 1 amide bonds. The molecule has 0 bridgehead atoms. The Morgan fingerprint density at radius 2 is 2.20 bits per heavy atom. The van der Waals surface area contributed by atoms with Crippen LogP contribution in [0.25, 0.3) is 0 Å². The van der Waals surface area contributed by atoms with Gasteiger partial charge in [0.1, 0.15) is 0 Å². The summed E-state index contributed by atoms with van der Waals surface area (Å²) in [6.07, 6.45) is 3.44. The van der Waals surface area contributed by atoms with Crippen molar-refractivity contribution in [2.45, 2.75) is 13.0 Å². The molecule has 2 aromatic rings. The van der Waals surface area contributed by atoms with E-state index < -0.39 is 5.91 Å². The first kappa shape index (κ1) is 14.1. The van der Waals surface area contributed by atoms with Gasteiger partial charge in [0.2, 0.25) is 0 Å². The molecule has 0 radical (unpaired) electrons. The van der Waals surface area contributed by atoms with Gasteiger partial charge < -0.3 is 16.8 Å². The van der Waals surface area contributed by atoms with Gasteiger partial charge in [-0.05, 0) is 30.7 Å². The first-order valence-corrected chi connectivity index (χ1v) is 6.42. The number of primary amides is 1. The largest absolute Gasteiger partial charge is 0.399 e. The fraction of sp³-hybridized carbons (Fsp3) is 0.143. The average molecular weight is 291 g/mol. The molecule has 5 nitrogen and oxygen atoms in total. The molecular weight excluding hydrogens is 276 g/mol. The van der Waals surface area contributed by atoms with Gasteiger partial charge in [-0.3, -0.25) is 9.78 Å². The molecule has 1 atom stereocenters. The number of carbonyl (C=O) groups is 1. The Balaban J connectivity index is 2.36. The van der Waals surface area contributed by atoms with Crippen molar-refractivity contribution in [2.75, 3.05) is 11.1 Å². The second-order valence-electron chi connectivity index (χ2n) is 4.44. The minimum Gasteiger partial charge on any atom is -0.399 e. The van der Waals surface area contributed by atoms with Crippen molar-refractivity contribution in [2.24, 2.45) is 5.73 Å². The van der Waals surface area contributed by atoms with Crippen LogP contribution in [0, 0.1) is 0 Å². The monoisotopic (exact) mass is 290 g/mol. The van der Waals surface area contributed by atoms with Gasteiger partial charge in [-0.2, -0.15) is 0 Å². The van der Waals surface area contributed by atoms with Crippen LogP contribution in [0.4, 0.5) is 11.4 Å². The lowest BCUT2D eigenvalue weighted by Gasteiger charge is -2.19. The average Bonchev–Trinajstić information content (AvgIpc) is 2.42. The molecule has 104 valence electrons. The number of hydrogen-bond acceptors (Lipinski definition) is 4. The maximum Gasteiger partial charge on any atom is 0.250 e. The standard InChI is InChI=1S/C14H15ClN4O/c1-8(9-3-2-4-18-7-9)19-13-11(14(17)20)5-10(16)6-12(13)15/h2-8,19H,16H2,1H3,(H2,17,20). The van der Waals surface area contributed by atoms with Gasteiger partial charge in [-0.15, -0.1) is 0 Å². The van der Waals surface area contributed by atoms with Crippen molar-refractivity contribution >= 4 is 28.9 Å². The summed E-state index contributed by atoms with van der Waals surface area (Å²) in [5.74, 6) is -0.583. The topological polar surface area (TPSA) is 94.0 Å².